The number of benzene rings is 4. The van der Waals surface area contributed by atoms with Crippen molar-refractivity contribution < 1.29 is 0 Å². The molecule has 0 unspecified atom stereocenters. The van der Waals surface area contributed by atoms with Crippen LogP contribution in [0.3, 0.4) is 0 Å². The van der Waals surface area contributed by atoms with Crippen molar-refractivity contribution in [2.75, 3.05) is 0 Å². The molecule has 0 atom stereocenters. The summed E-state index contributed by atoms with van der Waals surface area (Å²) in [6.07, 6.45) is 3.91. The molecule has 4 aromatic carbocycles. The van der Waals surface area contributed by atoms with Crippen molar-refractivity contribution in [3.63, 3.8) is 0 Å². The Labute approximate surface area is 188 Å². The van der Waals surface area contributed by atoms with Crippen LogP contribution < -0.4 is 0 Å². The molecule has 0 aliphatic rings. The number of hydrogen-bond acceptors (Lipinski definition) is 2. The molecule has 0 fully saturated rings. The summed E-state index contributed by atoms with van der Waals surface area (Å²) in [7, 11) is 0. The van der Waals surface area contributed by atoms with E-state index in [2.05, 4.69) is 110 Å². The topological polar surface area (TPSA) is 25.8 Å². The Balaban J connectivity index is 0.000000135. The fourth-order valence-electron chi connectivity index (χ4n) is 4.28. The Hall–Kier alpha value is -3.78. The zero-order chi connectivity index (χ0) is 22.2. The molecule has 0 radical (unpaired) electrons. The first-order valence-corrected chi connectivity index (χ1v) is 11.0. The molecular formula is C30H26N2. The van der Waals surface area contributed by atoms with E-state index < -0.39 is 0 Å². The average molecular weight is 415 g/mol. The second-order valence-corrected chi connectivity index (χ2v) is 8.74. The molecule has 156 valence electrons. The standard InChI is InChI=1S/2C15H13N/c1-10-3-5-13-12(7-10)9-16-15-8-11(2)4-6-14(13)15;1-10-3-5-12-9-16-15-6-4-11(2)8-14(15)13(12)7-10/h2*3-9H,1-2H3. The normalized spacial score (nSPS) is 11.1. The van der Waals surface area contributed by atoms with Crippen molar-refractivity contribution >= 4 is 43.4 Å². The summed E-state index contributed by atoms with van der Waals surface area (Å²) < 4.78 is 0. The number of pyridine rings is 2. The molecule has 0 spiro atoms. The van der Waals surface area contributed by atoms with Crippen LogP contribution in [-0.2, 0) is 0 Å². The molecule has 2 nitrogen and oxygen atoms in total. The van der Waals surface area contributed by atoms with Gasteiger partial charge in [-0.25, -0.2) is 0 Å². The molecule has 2 heterocycles. The highest BCUT2D eigenvalue weighted by atomic mass is 14.7. The first-order valence-electron chi connectivity index (χ1n) is 11.0. The largest absolute Gasteiger partial charge is 0.256 e. The summed E-state index contributed by atoms with van der Waals surface area (Å²) in [5.41, 5.74) is 7.26. The summed E-state index contributed by atoms with van der Waals surface area (Å²) in [5.74, 6) is 0. The van der Waals surface area contributed by atoms with Crippen molar-refractivity contribution in [3.8, 4) is 0 Å². The van der Waals surface area contributed by atoms with Crippen LogP contribution in [0.4, 0.5) is 0 Å². The van der Waals surface area contributed by atoms with Gasteiger partial charge in [-0.05, 0) is 68.3 Å². The van der Waals surface area contributed by atoms with Gasteiger partial charge in [0.15, 0.2) is 0 Å². The number of aromatic nitrogens is 2. The van der Waals surface area contributed by atoms with Gasteiger partial charge in [-0.15, -0.1) is 0 Å². The van der Waals surface area contributed by atoms with Crippen LogP contribution >= 0.6 is 0 Å². The number of rotatable bonds is 0. The fourth-order valence-corrected chi connectivity index (χ4v) is 4.28. The van der Waals surface area contributed by atoms with Gasteiger partial charge in [0, 0.05) is 33.9 Å². The number of fused-ring (bicyclic) bond motifs is 6. The van der Waals surface area contributed by atoms with Gasteiger partial charge in [-0.1, -0.05) is 65.2 Å². The van der Waals surface area contributed by atoms with Crippen LogP contribution in [-0.4, -0.2) is 9.97 Å². The smallest absolute Gasteiger partial charge is 0.0711 e. The van der Waals surface area contributed by atoms with Crippen LogP contribution in [0, 0.1) is 27.7 Å². The zero-order valence-electron chi connectivity index (χ0n) is 19.0. The molecule has 0 aliphatic carbocycles. The van der Waals surface area contributed by atoms with Crippen LogP contribution in [0.1, 0.15) is 22.3 Å². The Bertz CT molecular complexity index is 1490. The molecule has 2 heteroatoms. The Kier molecular flexibility index (Phi) is 5.07. The molecule has 6 aromatic rings. The summed E-state index contributed by atoms with van der Waals surface area (Å²) >= 11 is 0. The molecule has 0 saturated carbocycles. The highest BCUT2D eigenvalue weighted by molar-refractivity contribution is 6.06. The van der Waals surface area contributed by atoms with Crippen molar-refractivity contribution in [2.45, 2.75) is 27.7 Å². The van der Waals surface area contributed by atoms with Gasteiger partial charge >= 0.3 is 0 Å². The molecule has 0 bridgehead atoms. The lowest BCUT2D eigenvalue weighted by Gasteiger charge is -2.05. The predicted octanol–water partition coefficient (Wildman–Crippen LogP) is 8.01. The second-order valence-electron chi connectivity index (χ2n) is 8.74. The van der Waals surface area contributed by atoms with Crippen molar-refractivity contribution in [1.82, 2.24) is 9.97 Å². The van der Waals surface area contributed by atoms with Crippen LogP contribution in [0.15, 0.2) is 85.2 Å². The molecule has 0 amide bonds. The maximum absolute atomic E-state index is 4.51. The molecule has 0 aliphatic heterocycles. The molecular weight excluding hydrogens is 388 g/mol. The second kappa shape index (κ2) is 8.05. The number of aryl methyl sites for hydroxylation is 4. The third kappa shape index (κ3) is 3.80. The van der Waals surface area contributed by atoms with Gasteiger partial charge in [0.25, 0.3) is 0 Å². The SMILES string of the molecule is Cc1ccc2c(cnc3cc(C)ccc32)c1.Cc1ccc2cnc3ccc(C)cc3c2c1. The lowest BCUT2D eigenvalue weighted by molar-refractivity contribution is 1.40. The molecule has 6 rings (SSSR count). The minimum absolute atomic E-state index is 1.07. The summed E-state index contributed by atoms with van der Waals surface area (Å²) in [6.45, 7) is 8.45. The molecule has 0 N–H and O–H groups in total. The van der Waals surface area contributed by atoms with Crippen LogP contribution in [0.2, 0.25) is 0 Å². The molecule has 0 saturated heterocycles. The first-order chi connectivity index (χ1) is 15.5. The zero-order valence-corrected chi connectivity index (χ0v) is 19.0. The highest BCUT2D eigenvalue weighted by Crippen LogP contribution is 2.26. The molecule has 2 aromatic heterocycles. The van der Waals surface area contributed by atoms with E-state index in [4.69, 9.17) is 0 Å². The van der Waals surface area contributed by atoms with E-state index in [9.17, 15) is 0 Å². The highest BCUT2D eigenvalue weighted by Gasteiger charge is 2.03. The predicted molar refractivity (Wildman–Crippen MR) is 137 cm³/mol. The minimum Gasteiger partial charge on any atom is -0.256 e. The van der Waals surface area contributed by atoms with Gasteiger partial charge in [0.2, 0.25) is 0 Å². The fraction of sp³-hybridized carbons (Fsp3) is 0.133. The Morgan fingerprint density at radius 2 is 0.969 bits per heavy atom. The van der Waals surface area contributed by atoms with Gasteiger partial charge in [-0.2, -0.15) is 0 Å². The van der Waals surface area contributed by atoms with Crippen molar-refractivity contribution in [1.29, 1.82) is 0 Å². The van der Waals surface area contributed by atoms with E-state index in [0.717, 1.165) is 11.0 Å². The van der Waals surface area contributed by atoms with E-state index in [1.54, 1.807) is 0 Å². The van der Waals surface area contributed by atoms with E-state index in [1.807, 2.05) is 12.4 Å². The Morgan fingerprint density at radius 1 is 0.406 bits per heavy atom. The number of nitrogens with zero attached hydrogens (tertiary/aromatic N) is 2. The monoisotopic (exact) mass is 414 g/mol. The maximum Gasteiger partial charge on any atom is 0.0711 e. The Morgan fingerprint density at radius 3 is 1.78 bits per heavy atom. The van der Waals surface area contributed by atoms with E-state index in [1.165, 1.54) is 54.6 Å². The van der Waals surface area contributed by atoms with Crippen LogP contribution in [0.5, 0.6) is 0 Å². The van der Waals surface area contributed by atoms with E-state index in [0.29, 0.717) is 0 Å². The summed E-state index contributed by atoms with van der Waals surface area (Å²) in [5, 5.41) is 7.51. The lowest BCUT2D eigenvalue weighted by atomic mass is 10.0. The third-order valence-electron chi connectivity index (χ3n) is 5.99. The van der Waals surface area contributed by atoms with Crippen molar-refractivity contribution in [3.05, 3.63) is 107 Å². The third-order valence-corrected chi connectivity index (χ3v) is 5.99. The maximum atomic E-state index is 4.51. The van der Waals surface area contributed by atoms with E-state index >= 15 is 0 Å². The summed E-state index contributed by atoms with van der Waals surface area (Å²) in [6, 6.07) is 25.9. The van der Waals surface area contributed by atoms with Gasteiger partial charge in [0.1, 0.15) is 0 Å². The number of hydrogen-bond donors (Lipinski definition) is 0. The quantitative estimate of drug-likeness (QED) is 0.235. The van der Waals surface area contributed by atoms with Gasteiger partial charge < -0.3 is 0 Å². The first kappa shape index (κ1) is 20.1. The summed E-state index contributed by atoms with van der Waals surface area (Å²) in [4.78, 5) is 8.99. The van der Waals surface area contributed by atoms with Crippen molar-refractivity contribution in [2.24, 2.45) is 0 Å². The average Bonchev–Trinajstić information content (AvgIpc) is 2.79. The molecule has 32 heavy (non-hydrogen) atoms. The van der Waals surface area contributed by atoms with Crippen LogP contribution in [0.25, 0.3) is 43.4 Å². The van der Waals surface area contributed by atoms with E-state index in [-0.39, 0.29) is 0 Å². The lowest BCUT2D eigenvalue weighted by Crippen LogP contribution is -1.84. The van der Waals surface area contributed by atoms with Gasteiger partial charge in [0.05, 0.1) is 11.0 Å². The van der Waals surface area contributed by atoms with Gasteiger partial charge in [-0.3, -0.25) is 9.97 Å². The minimum atomic E-state index is 1.07.